The topological polar surface area (TPSA) is 93.3 Å². The van der Waals surface area contributed by atoms with Crippen molar-refractivity contribution >= 4 is 68.1 Å². The van der Waals surface area contributed by atoms with Gasteiger partial charge < -0.3 is 18.9 Å². The number of carbonyl (C=O) groups is 1. The third-order valence-electron chi connectivity index (χ3n) is 6.91. The maximum atomic E-state index is 12.1. The van der Waals surface area contributed by atoms with Crippen molar-refractivity contribution in [1.82, 2.24) is 15.0 Å². The molecule has 1 saturated heterocycles. The summed E-state index contributed by atoms with van der Waals surface area (Å²) in [5.41, 5.74) is 3.49. The molecule has 3 heterocycles. The molecule has 9 nitrogen and oxygen atoms in total. The van der Waals surface area contributed by atoms with Gasteiger partial charge in [0.1, 0.15) is 22.7 Å². The molecule has 2 aliphatic rings. The number of anilines is 1. The van der Waals surface area contributed by atoms with Crippen molar-refractivity contribution in [2.75, 3.05) is 45.3 Å². The Kier molecular flexibility index (Phi) is 8.27. The van der Waals surface area contributed by atoms with Crippen LogP contribution in [0.25, 0.3) is 15.8 Å². The summed E-state index contributed by atoms with van der Waals surface area (Å²) in [6.45, 7) is 9.20. The van der Waals surface area contributed by atoms with Gasteiger partial charge in [0.2, 0.25) is 0 Å². The molecule has 2 fully saturated rings. The van der Waals surface area contributed by atoms with Gasteiger partial charge in [0.15, 0.2) is 5.13 Å². The molecule has 0 atom stereocenters. The number of piperazine rings is 1. The summed E-state index contributed by atoms with van der Waals surface area (Å²) < 4.78 is 17.1. The van der Waals surface area contributed by atoms with Crippen molar-refractivity contribution in [3.05, 3.63) is 51.0 Å². The zero-order valence-corrected chi connectivity index (χ0v) is 24.3. The van der Waals surface area contributed by atoms with E-state index in [0.29, 0.717) is 45.1 Å². The van der Waals surface area contributed by atoms with E-state index >= 15 is 0 Å². The zero-order valence-electron chi connectivity index (χ0n) is 22.0. The fourth-order valence-corrected chi connectivity index (χ4v) is 6.37. The molecular weight excluding hydrogens is 561 g/mol. The second-order valence-corrected chi connectivity index (χ2v) is 11.5. The Balaban J connectivity index is 1.35. The van der Waals surface area contributed by atoms with E-state index in [2.05, 4.69) is 26.7 Å². The van der Waals surface area contributed by atoms with E-state index in [1.807, 2.05) is 0 Å². The number of nitrogens with zero attached hydrogens (tertiary/aromatic N) is 5. The first-order valence-electron chi connectivity index (χ1n) is 12.6. The SMILES string of the molecule is C=N/C=C(Cl)\C(=C(/C)Cl)c1noc(C2CC2)c1CN1CCN(c2nc3c(OC)cc(C(=O)OC)cc3s2)CC1. The maximum Gasteiger partial charge on any atom is 0.338 e. The second kappa shape index (κ2) is 11.7. The van der Waals surface area contributed by atoms with Crippen molar-refractivity contribution in [3.8, 4) is 5.75 Å². The Morgan fingerprint density at radius 2 is 2.00 bits per heavy atom. The van der Waals surface area contributed by atoms with Gasteiger partial charge in [-0.1, -0.05) is 39.7 Å². The van der Waals surface area contributed by atoms with Crippen LogP contribution in [0.1, 0.15) is 53.1 Å². The fraction of sp³-hybridized carbons (Fsp3) is 0.407. The van der Waals surface area contributed by atoms with Gasteiger partial charge in [0.25, 0.3) is 0 Å². The minimum atomic E-state index is -0.405. The van der Waals surface area contributed by atoms with Gasteiger partial charge >= 0.3 is 5.97 Å². The van der Waals surface area contributed by atoms with E-state index in [0.717, 1.165) is 65.7 Å². The molecule has 1 aliphatic heterocycles. The normalized spacial score (nSPS) is 17.4. The minimum absolute atomic E-state index is 0.376. The second-order valence-electron chi connectivity index (χ2n) is 9.49. The van der Waals surface area contributed by atoms with Crippen LogP contribution in [0.15, 0.2) is 37.9 Å². The van der Waals surface area contributed by atoms with Crippen molar-refractivity contribution in [2.45, 2.75) is 32.2 Å². The largest absolute Gasteiger partial charge is 0.494 e. The zero-order chi connectivity index (χ0) is 27.7. The number of methoxy groups -OCH3 is 2. The summed E-state index contributed by atoms with van der Waals surface area (Å²) in [5, 5.41) is 6.19. The first kappa shape index (κ1) is 27.6. The molecule has 1 saturated carbocycles. The lowest BCUT2D eigenvalue weighted by atomic mass is 10.0. The molecule has 12 heteroatoms. The number of halogens is 2. The van der Waals surface area contributed by atoms with Gasteiger partial charge in [-0.15, -0.1) is 0 Å². The molecule has 39 heavy (non-hydrogen) atoms. The third kappa shape index (κ3) is 5.70. The van der Waals surface area contributed by atoms with Gasteiger partial charge in [0.05, 0.1) is 29.5 Å². The molecule has 0 bridgehead atoms. The highest BCUT2D eigenvalue weighted by Gasteiger charge is 2.35. The summed E-state index contributed by atoms with van der Waals surface area (Å²) in [7, 11) is 2.94. The van der Waals surface area contributed by atoms with Crippen LogP contribution >= 0.6 is 34.5 Å². The first-order valence-corrected chi connectivity index (χ1v) is 14.1. The molecule has 1 aliphatic carbocycles. The predicted octanol–water partition coefficient (Wildman–Crippen LogP) is 6.03. The molecule has 206 valence electrons. The maximum absolute atomic E-state index is 12.1. The first-order chi connectivity index (χ1) is 18.8. The highest BCUT2D eigenvalue weighted by molar-refractivity contribution is 7.22. The molecule has 1 aromatic carbocycles. The number of rotatable bonds is 9. The average Bonchev–Trinajstić information content (AvgIpc) is 3.56. The average molecular weight is 591 g/mol. The van der Waals surface area contributed by atoms with E-state index in [1.165, 1.54) is 13.3 Å². The molecule has 0 N–H and O–H groups in total. The van der Waals surface area contributed by atoms with Crippen LogP contribution in [0.5, 0.6) is 5.75 Å². The molecule has 2 aromatic heterocycles. The molecule has 0 unspecified atom stereocenters. The van der Waals surface area contributed by atoms with E-state index in [1.54, 1.807) is 37.5 Å². The Morgan fingerprint density at radius 3 is 2.62 bits per heavy atom. The Morgan fingerprint density at radius 1 is 1.26 bits per heavy atom. The molecule has 0 spiro atoms. The summed E-state index contributed by atoms with van der Waals surface area (Å²) in [4.78, 5) is 25.4. The van der Waals surface area contributed by atoms with Crippen LogP contribution in [0.3, 0.4) is 0 Å². The van der Waals surface area contributed by atoms with Gasteiger partial charge in [-0.05, 0) is 38.6 Å². The molecule has 0 radical (unpaired) electrons. The highest BCUT2D eigenvalue weighted by Crippen LogP contribution is 2.45. The van der Waals surface area contributed by atoms with Gasteiger partial charge in [-0.3, -0.25) is 9.89 Å². The van der Waals surface area contributed by atoms with Gasteiger partial charge in [-0.25, -0.2) is 9.78 Å². The Hall–Kier alpha value is -2.92. The number of hydrogen-bond donors (Lipinski definition) is 0. The van der Waals surface area contributed by atoms with Gasteiger partial charge in [0, 0.05) is 61.0 Å². The third-order valence-corrected chi connectivity index (χ3v) is 8.44. The molecule has 5 rings (SSSR count). The van der Waals surface area contributed by atoms with Crippen LogP contribution in [0.2, 0.25) is 0 Å². The number of aliphatic imine (C=N–C) groups is 1. The number of carbonyl (C=O) groups excluding carboxylic acids is 1. The fourth-order valence-electron chi connectivity index (χ4n) is 4.76. The number of benzene rings is 1. The van der Waals surface area contributed by atoms with Crippen LogP contribution < -0.4 is 9.64 Å². The van der Waals surface area contributed by atoms with Crippen LogP contribution in [-0.4, -0.2) is 68.1 Å². The summed E-state index contributed by atoms with van der Waals surface area (Å²) in [5.74, 6) is 1.45. The van der Waals surface area contributed by atoms with E-state index in [-0.39, 0.29) is 0 Å². The number of thiazole rings is 1. The van der Waals surface area contributed by atoms with E-state index in [9.17, 15) is 4.79 Å². The number of hydrogen-bond acceptors (Lipinski definition) is 10. The Labute approximate surface area is 240 Å². The molecule has 0 amide bonds. The highest BCUT2D eigenvalue weighted by atomic mass is 35.5. The molecule has 3 aromatic rings. The lowest BCUT2D eigenvalue weighted by molar-refractivity contribution is 0.0600. The minimum Gasteiger partial charge on any atom is -0.494 e. The van der Waals surface area contributed by atoms with Crippen molar-refractivity contribution < 1.29 is 18.8 Å². The standard InChI is InChI=1S/C27H29Cl2N5O4S/c1-15(28)22(19(29)13-30-2)23-18(25(38-32-23)16-5-6-16)14-33-7-9-34(10-8-33)27-31-24-20(36-3)11-17(26(35)37-4)12-21(24)39-27/h11-13,16H,2,5-10,14H2,1,3-4H3/b19-13+,22-15-. The molecular formula is C27H29Cl2N5O4S. The van der Waals surface area contributed by atoms with Crippen molar-refractivity contribution in [3.63, 3.8) is 0 Å². The smallest absolute Gasteiger partial charge is 0.338 e. The Bertz CT molecular complexity index is 1460. The summed E-state index contributed by atoms with van der Waals surface area (Å²) in [6, 6.07) is 3.47. The number of esters is 1. The van der Waals surface area contributed by atoms with Crippen LogP contribution in [-0.2, 0) is 11.3 Å². The van der Waals surface area contributed by atoms with Gasteiger partial charge in [-0.2, -0.15) is 0 Å². The van der Waals surface area contributed by atoms with Crippen LogP contribution in [0.4, 0.5) is 5.13 Å². The summed E-state index contributed by atoms with van der Waals surface area (Å²) >= 11 is 14.5. The monoisotopic (exact) mass is 589 g/mol. The lowest BCUT2D eigenvalue weighted by Crippen LogP contribution is -2.46. The van der Waals surface area contributed by atoms with Crippen molar-refractivity contribution in [2.24, 2.45) is 4.99 Å². The van der Waals surface area contributed by atoms with Crippen LogP contribution in [0, 0.1) is 0 Å². The quantitative estimate of drug-likeness (QED) is 0.170. The van der Waals surface area contributed by atoms with E-state index in [4.69, 9.17) is 42.2 Å². The predicted molar refractivity (Wildman–Crippen MR) is 155 cm³/mol. The number of allylic oxidation sites excluding steroid dienone is 3. The number of ether oxygens (including phenoxy) is 2. The van der Waals surface area contributed by atoms with Crippen molar-refractivity contribution in [1.29, 1.82) is 0 Å². The van der Waals surface area contributed by atoms with E-state index < -0.39 is 5.97 Å². The number of fused-ring (bicyclic) bond motifs is 1. The lowest BCUT2D eigenvalue weighted by Gasteiger charge is -2.34. The number of aromatic nitrogens is 2. The summed E-state index contributed by atoms with van der Waals surface area (Å²) in [6.07, 6.45) is 3.65.